The van der Waals surface area contributed by atoms with Gasteiger partial charge in [-0.25, -0.2) is 0 Å². The molecule has 0 amide bonds. The molecule has 1 aliphatic heterocycles. The van der Waals surface area contributed by atoms with Gasteiger partial charge in [-0.05, 0) is 25.0 Å². The average molecular weight is 339 g/mol. The molecule has 0 unspecified atom stereocenters. The second-order valence-corrected chi connectivity index (χ2v) is 7.29. The van der Waals surface area contributed by atoms with Crippen molar-refractivity contribution < 1.29 is 23.5 Å². The van der Waals surface area contributed by atoms with Crippen LogP contribution in [0.25, 0.3) is 10.9 Å². The summed E-state index contributed by atoms with van der Waals surface area (Å²) in [4.78, 5) is 14.1. The Balaban J connectivity index is 1.91. The maximum Gasteiger partial charge on any atom is 0.324 e. The van der Waals surface area contributed by atoms with Crippen LogP contribution in [0.2, 0.25) is 0 Å². The van der Waals surface area contributed by atoms with Crippen LogP contribution in [0.1, 0.15) is 18.2 Å². The Morgan fingerprint density at radius 1 is 1.39 bits per heavy atom. The zero-order chi connectivity index (χ0) is 16.8. The van der Waals surface area contributed by atoms with Crippen LogP contribution in [0, 0.1) is 0 Å². The summed E-state index contributed by atoms with van der Waals surface area (Å²) >= 11 is 0. The van der Waals surface area contributed by atoms with Crippen molar-refractivity contribution in [1.82, 2.24) is 13.8 Å². The first-order valence-corrected chi connectivity index (χ1v) is 8.51. The molecule has 1 aromatic heterocycles. The second kappa shape index (κ2) is 5.60. The van der Waals surface area contributed by atoms with Crippen LogP contribution in [0.15, 0.2) is 24.3 Å². The van der Waals surface area contributed by atoms with Crippen LogP contribution in [-0.4, -0.2) is 51.0 Å². The minimum atomic E-state index is -4.27. The number of aromatic nitrogens is 1. The van der Waals surface area contributed by atoms with Crippen LogP contribution >= 0.6 is 0 Å². The van der Waals surface area contributed by atoms with Gasteiger partial charge in [-0.2, -0.15) is 12.7 Å². The lowest BCUT2D eigenvalue weighted by Gasteiger charge is -2.30. The molecule has 8 nitrogen and oxygen atoms in total. The van der Waals surface area contributed by atoms with Crippen molar-refractivity contribution in [2.45, 2.75) is 25.9 Å². The molecule has 1 aromatic carbocycles. The third kappa shape index (κ3) is 2.61. The number of benzene rings is 1. The maximum absolute atomic E-state index is 12.4. The molecule has 3 N–H and O–H groups in total. The highest BCUT2D eigenvalue weighted by atomic mass is 32.2. The summed E-state index contributed by atoms with van der Waals surface area (Å²) in [5.41, 5.74) is 2.75. The predicted octanol–water partition coefficient (Wildman–Crippen LogP) is 0.935. The molecule has 0 saturated heterocycles. The van der Waals surface area contributed by atoms with E-state index in [-0.39, 0.29) is 17.6 Å². The minimum Gasteiger partial charge on any atom is -0.480 e. The van der Waals surface area contributed by atoms with Gasteiger partial charge in [0.05, 0.1) is 6.54 Å². The number of H-pyrrole nitrogens is 1. The summed E-state index contributed by atoms with van der Waals surface area (Å²) in [7, 11) is -4.27. The van der Waals surface area contributed by atoms with Gasteiger partial charge in [-0.1, -0.05) is 22.7 Å². The second-order valence-electron chi connectivity index (χ2n) is 5.51. The normalized spacial score (nSPS) is 17.3. The van der Waals surface area contributed by atoms with Crippen molar-refractivity contribution in [3.8, 4) is 0 Å². The molecule has 0 fully saturated rings. The van der Waals surface area contributed by atoms with Gasteiger partial charge in [0.1, 0.15) is 6.04 Å². The first-order valence-electron chi connectivity index (χ1n) is 7.12. The number of aliphatic carboxylic acids is 1. The van der Waals surface area contributed by atoms with E-state index < -0.39 is 22.2 Å². The summed E-state index contributed by atoms with van der Waals surface area (Å²) in [6, 6.07) is 6.15. The number of rotatable bonds is 4. The number of hydrogen-bond donors (Lipinski definition) is 3. The number of carboxylic acids is 1. The molecule has 9 heteroatoms. The first kappa shape index (κ1) is 15.9. The van der Waals surface area contributed by atoms with Gasteiger partial charge in [0.2, 0.25) is 0 Å². The quantitative estimate of drug-likeness (QED) is 0.717. The van der Waals surface area contributed by atoms with Gasteiger partial charge >= 0.3 is 16.2 Å². The van der Waals surface area contributed by atoms with E-state index in [1.807, 2.05) is 24.3 Å². The number of nitrogens with one attached hydrogen (secondary N) is 1. The number of carboxylic acid groups (broad SMARTS) is 1. The Bertz CT molecular complexity index is 860. The standard InChI is InChI=1S/C14H17N3O5S/c1-9(14(18)19)17(20)23(21,22)16-7-6-11-10-4-2-3-5-12(10)15-13(11)8-16/h2-5,9,15,20H,6-8H2,1H3,(H,18,19)/t9-/m1/s1. The first-order chi connectivity index (χ1) is 10.8. The molecule has 0 spiro atoms. The molecular weight excluding hydrogens is 322 g/mol. The lowest BCUT2D eigenvalue weighted by Crippen LogP contribution is -2.49. The van der Waals surface area contributed by atoms with E-state index in [0.717, 1.165) is 33.4 Å². The van der Waals surface area contributed by atoms with Crippen LogP contribution in [0.3, 0.4) is 0 Å². The number of carbonyl (C=O) groups is 1. The van der Waals surface area contributed by atoms with E-state index >= 15 is 0 Å². The fraction of sp³-hybridized carbons (Fsp3) is 0.357. The number of nitrogens with zero attached hydrogens (tertiary/aromatic N) is 2. The Morgan fingerprint density at radius 2 is 2.09 bits per heavy atom. The Morgan fingerprint density at radius 3 is 2.78 bits per heavy atom. The van der Waals surface area contributed by atoms with Crippen molar-refractivity contribution in [2.24, 2.45) is 0 Å². The monoisotopic (exact) mass is 339 g/mol. The maximum atomic E-state index is 12.4. The van der Waals surface area contributed by atoms with Gasteiger partial charge < -0.3 is 10.1 Å². The third-order valence-electron chi connectivity index (χ3n) is 4.10. The smallest absolute Gasteiger partial charge is 0.324 e. The topological polar surface area (TPSA) is 114 Å². The van der Waals surface area contributed by atoms with E-state index in [1.54, 1.807) is 0 Å². The van der Waals surface area contributed by atoms with Crippen molar-refractivity contribution in [3.63, 3.8) is 0 Å². The van der Waals surface area contributed by atoms with Gasteiger partial charge in [0, 0.05) is 23.1 Å². The zero-order valence-electron chi connectivity index (χ0n) is 12.4. The van der Waals surface area contributed by atoms with E-state index in [1.165, 1.54) is 0 Å². The zero-order valence-corrected chi connectivity index (χ0v) is 13.2. The summed E-state index contributed by atoms with van der Waals surface area (Å²) < 4.78 is 25.7. The summed E-state index contributed by atoms with van der Waals surface area (Å²) in [6.45, 7) is 1.36. The fourth-order valence-electron chi connectivity index (χ4n) is 2.78. The lowest BCUT2D eigenvalue weighted by molar-refractivity contribution is -0.150. The van der Waals surface area contributed by atoms with E-state index in [4.69, 9.17) is 5.11 Å². The van der Waals surface area contributed by atoms with E-state index in [9.17, 15) is 18.4 Å². The highest BCUT2D eigenvalue weighted by molar-refractivity contribution is 7.86. The largest absolute Gasteiger partial charge is 0.480 e. The van der Waals surface area contributed by atoms with Gasteiger partial charge in [0.15, 0.2) is 0 Å². The van der Waals surface area contributed by atoms with Crippen molar-refractivity contribution in [1.29, 1.82) is 0 Å². The summed E-state index contributed by atoms with van der Waals surface area (Å²) in [5.74, 6) is -1.42. The average Bonchev–Trinajstić information content (AvgIpc) is 2.90. The molecular formula is C14H17N3O5S. The molecule has 0 aliphatic carbocycles. The molecule has 1 atom stereocenters. The van der Waals surface area contributed by atoms with Gasteiger partial charge in [0.25, 0.3) is 0 Å². The van der Waals surface area contributed by atoms with Crippen molar-refractivity contribution in [2.75, 3.05) is 6.54 Å². The summed E-state index contributed by atoms with van der Waals surface area (Å²) in [5, 5.41) is 19.7. The van der Waals surface area contributed by atoms with Gasteiger partial charge in [-0.15, -0.1) is 0 Å². The number of para-hydroxylation sites is 1. The molecule has 0 bridgehead atoms. The highest BCUT2D eigenvalue weighted by Crippen LogP contribution is 2.29. The van der Waals surface area contributed by atoms with Crippen LogP contribution in [0.4, 0.5) is 0 Å². The number of aromatic amines is 1. The van der Waals surface area contributed by atoms with Crippen LogP contribution < -0.4 is 0 Å². The third-order valence-corrected chi connectivity index (χ3v) is 5.85. The Labute approximate surface area is 133 Å². The van der Waals surface area contributed by atoms with Crippen molar-refractivity contribution in [3.05, 3.63) is 35.5 Å². The molecule has 2 aromatic rings. The van der Waals surface area contributed by atoms with E-state index in [0.29, 0.717) is 6.42 Å². The molecule has 0 saturated carbocycles. The molecule has 1 aliphatic rings. The molecule has 0 radical (unpaired) electrons. The number of hydroxylamine groups is 1. The lowest BCUT2D eigenvalue weighted by atomic mass is 10.1. The minimum absolute atomic E-state index is 0.0652. The molecule has 3 rings (SSSR count). The molecule has 2 heterocycles. The van der Waals surface area contributed by atoms with Crippen molar-refractivity contribution >= 4 is 27.1 Å². The number of hydrogen-bond acceptors (Lipinski definition) is 4. The molecule has 124 valence electrons. The van der Waals surface area contributed by atoms with E-state index in [2.05, 4.69) is 4.98 Å². The highest BCUT2D eigenvalue weighted by Gasteiger charge is 2.37. The molecule has 23 heavy (non-hydrogen) atoms. The Kier molecular flexibility index (Phi) is 3.88. The van der Waals surface area contributed by atoms with Crippen LogP contribution in [0.5, 0.6) is 0 Å². The predicted molar refractivity (Wildman–Crippen MR) is 82.1 cm³/mol. The SMILES string of the molecule is C[C@H](C(=O)O)N(O)S(=O)(=O)N1CCc2c([nH]c3ccccc23)C1. The fourth-order valence-corrected chi connectivity index (χ4v) is 4.12. The Hall–Kier alpha value is -1.94. The number of fused-ring (bicyclic) bond motifs is 3. The van der Waals surface area contributed by atoms with Gasteiger partial charge in [-0.3, -0.25) is 10.0 Å². The van der Waals surface area contributed by atoms with Crippen LogP contribution in [-0.2, 0) is 28.0 Å². The summed E-state index contributed by atoms with van der Waals surface area (Å²) in [6.07, 6.45) is 0.494.